The summed E-state index contributed by atoms with van der Waals surface area (Å²) < 4.78 is 16.0. The van der Waals surface area contributed by atoms with E-state index in [1.807, 2.05) is 32.2 Å². The monoisotopic (exact) mass is 374 g/mol. The number of aromatic nitrogens is 3. The lowest BCUT2D eigenvalue weighted by Gasteiger charge is -2.12. The van der Waals surface area contributed by atoms with Gasteiger partial charge in [0.25, 0.3) is 0 Å². The highest BCUT2D eigenvalue weighted by Crippen LogP contribution is 2.33. The van der Waals surface area contributed by atoms with Crippen LogP contribution in [0.1, 0.15) is 24.3 Å². The van der Waals surface area contributed by atoms with Crippen molar-refractivity contribution in [2.24, 2.45) is 0 Å². The van der Waals surface area contributed by atoms with Crippen molar-refractivity contribution in [1.82, 2.24) is 20.0 Å². The number of hydrogen-bond donors (Lipinski definition) is 0. The van der Waals surface area contributed by atoms with Gasteiger partial charge in [-0.1, -0.05) is 5.16 Å². The number of ether oxygens (including phenoxy) is 2. The number of hydrogen-bond acceptors (Lipinski definition) is 8. The highest BCUT2D eigenvalue weighted by molar-refractivity contribution is 7.13. The number of methoxy groups -OCH3 is 1. The maximum Gasteiger partial charge on any atom is 0.223 e. The van der Waals surface area contributed by atoms with Crippen molar-refractivity contribution in [2.45, 2.75) is 26.9 Å². The summed E-state index contributed by atoms with van der Waals surface area (Å²) >= 11 is 1.61. The van der Waals surface area contributed by atoms with Crippen molar-refractivity contribution in [3.8, 4) is 22.1 Å². The molecule has 3 aromatic rings. The van der Waals surface area contributed by atoms with Gasteiger partial charge < -0.3 is 14.0 Å². The predicted octanol–water partition coefficient (Wildman–Crippen LogP) is 3.54. The molecule has 8 heteroatoms. The summed E-state index contributed by atoms with van der Waals surface area (Å²) in [7, 11) is 3.65. The molecule has 0 aliphatic heterocycles. The lowest BCUT2D eigenvalue weighted by atomic mass is 10.2. The molecule has 0 N–H and O–H groups in total. The first-order valence-electron chi connectivity index (χ1n) is 8.32. The van der Waals surface area contributed by atoms with Crippen LogP contribution in [0.3, 0.4) is 0 Å². The van der Waals surface area contributed by atoms with Gasteiger partial charge in [-0.25, -0.2) is 4.98 Å². The minimum atomic E-state index is 0.578. The second-order valence-electron chi connectivity index (χ2n) is 5.84. The summed E-state index contributed by atoms with van der Waals surface area (Å²) in [6.07, 6.45) is 0. The van der Waals surface area contributed by atoms with Crippen LogP contribution in [0, 0.1) is 6.92 Å². The lowest BCUT2D eigenvalue weighted by Crippen LogP contribution is -2.18. The summed E-state index contributed by atoms with van der Waals surface area (Å²) in [4.78, 5) is 11.1. The zero-order valence-corrected chi connectivity index (χ0v) is 16.2. The highest BCUT2D eigenvalue weighted by Gasteiger charge is 2.12. The molecule has 0 saturated heterocycles. The molecule has 138 valence electrons. The van der Waals surface area contributed by atoms with E-state index in [2.05, 4.69) is 20.4 Å². The van der Waals surface area contributed by atoms with Crippen LogP contribution in [0.4, 0.5) is 0 Å². The Morgan fingerprint density at radius 1 is 1.19 bits per heavy atom. The van der Waals surface area contributed by atoms with E-state index in [-0.39, 0.29) is 0 Å². The van der Waals surface area contributed by atoms with E-state index < -0.39 is 0 Å². The molecule has 0 aliphatic rings. The second-order valence-corrected chi connectivity index (χ2v) is 6.70. The first-order chi connectivity index (χ1) is 12.6. The summed E-state index contributed by atoms with van der Waals surface area (Å²) in [6.45, 7) is 5.66. The minimum Gasteiger partial charge on any atom is -0.493 e. The molecule has 0 radical (unpaired) electrons. The number of nitrogens with zero attached hydrogens (tertiary/aromatic N) is 4. The van der Waals surface area contributed by atoms with Gasteiger partial charge >= 0.3 is 0 Å². The Morgan fingerprint density at radius 3 is 2.73 bits per heavy atom. The van der Waals surface area contributed by atoms with E-state index in [1.54, 1.807) is 25.4 Å². The summed E-state index contributed by atoms with van der Waals surface area (Å²) in [6, 6.07) is 5.88. The molecule has 0 spiro atoms. The van der Waals surface area contributed by atoms with Crippen molar-refractivity contribution in [1.29, 1.82) is 0 Å². The van der Waals surface area contributed by atoms with Crippen molar-refractivity contribution >= 4 is 11.3 Å². The average Bonchev–Trinajstić information content (AvgIpc) is 3.24. The van der Waals surface area contributed by atoms with E-state index in [0.29, 0.717) is 37.2 Å². The summed E-state index contributed by atoms with van der Waals surface area (Å²) in [5.74, 6) is 2.71. The van der Waals surface area contributed by atoms with Crippen LogP contribution < -0.4 is 9.47 Å². The minimum absolute atomic E-state index is 0.578. The predicted molar refractivity (Wildman–Crippen MR) is 99.5 cm³/mol. The Hall–Kier alpha value is -2.45. The number of thiazole rings is 1. The third-order valence-corrected chi connectivity index (χ3v) is 4.62. The Bertz CT molecular complexity index is 862. The van der Waals surface area contributed by atoms with Crippen LogP contribution in [0.2, 0.25) is 0 Å². The van der Waals surface area contributed by atoms with Gasteiger partial charge in [0.1, 0.15) is 5.01 Å². The van der Waals surface area contributed by atoms with Crippen molar-refractivity contribution in [3.05, 3.63) is 41.0 Å². The van der Waals surface area contributed by atoms with Crippen molar-refractivity contribution in [3.63, 3.8) is 0 Å². The third-order valence-electron chi connectivity index (χ3n) is 3.68. The quantitative estimate of drug-likeness (QED) is 0.597. The molecular weight excluding hydrogens is 352 g/mol. The van der Waals surface area contributed by atoms with Crippen LogP contribution in [0.25, 0.3) is 10.6 Å². The first-order valence-corrected chi connectivity index (χ1v) is 9.20. The molecule has 26 heavy (non-hydrogen) atoms. The van der Waals surface area contributed by atoms with Crippen molar-refractivity contribution < 1.29 is 14.0 Å². The van der Waals surface area contributed by atoms with Gasteiger partial charge in [0, 0.05) is 24.4 Å². The van der Waals surface area contributed by atoms with Crippen LogP contribution in [0.5, 0.6) is 11.5 Å². The normalized spacial score (nSPS) is 11.1. The van der Waals surface area contributed by atoms with Gasteiger partial charge in [-0.15, -0.1) is 11.3 Å². The molecule has 0 fully saturated rings. The van der Waals surface area contributed by atoms with E-state index in [1.165, 1.54) is 0 Å². The summed E-state index contributed by atoms with van der Waals surface area (Å²) in [5, 5.41) is 6.94. The van der Waals surface area contributed by atoms with Gasteiger partial charge in [0.05, 0.1) is 26.0 Å². The third kappa shape index (κ3) is 4.39. The van der Waals surface area contributed by atoms with Gasteiger partial charge in [-0.2, -0.15) is 4.98 Å². The Labute approximate surface area is 156 Å². The molecule has 2 heterocycles. The Morgan fingerprint density at radius 2 is 2.04 bits per heavy atom. The van der Waals surface area contributed by atoms with Gasteiger partial charge in [-0.05, 0) is 32.2 Å². The fourth-order valence-electron chi connectivity index (χ4n) is 2.57. The standard InChI is InChI=1S/C18H22N4O3S/c1-5-24-15-7-6-13(8-16(15)23-4)18-20-14(11-26-18)9-22(3)10-17-19-12(2)25-21-17/h6-8,11H,5,9-10H2,1-4H3. The molecule has 0 amide bonds. The van der Waals surface area contributed by atoms with Crippen LogP contribution in [-0.2, 0) is 13.1 Å². The number of benzene rings is 1. The molecule has 0 aliphatic carbocycles. The SMILES string of the molecule is CCOc1ccc(-c2nc(CN(C)Cc3noc(C)n3)cs2)cc1OC. The van der Waals surface area contributed by atoms with Crippen LogP contribution >= 0.6 is 11.3 Å². The smallest absolute Gasteiger partial charge is 0.223 e. The fraction of sp³-hybridized carbons (Fsp3) is 0.389. The molecule has 0 bridgehead atoms. The summed E-state index contributed by atoms with van der Waals surface area (Å²) in [5.41, 5.74) is 2.01. The molecule has 0 saturated carbocycles. The maximum atomic E-state index is 5.57. The van der Waals surface area contributed by atoms with E-state index >= 15 is 0 Å². The second kappa shape index (κ2) is 8.29. The van der Waals surface area contributed by atoms with Crippen molar-refractivity contribution in [2.75, 3.05) is 20.8 Å². The molecule has 2 aromatic heterocycles. The zero-order chi connectivity index (χ0) is 18.5. The molecular formula is C18H22N4O3S. The first kappa shape index (κ1) is 18.3. The van der Waals surface area contributed by atoms with Crippen LogP contribution in [-0.4, -0.2) is 40.8 Å². The van der Waals surface area contributed by atoms with Gasteiger partial charge in [-0.3, -0.25) is 4.90 Å². The van der Waals surface area contributed by atoms with Gasteiger partial charge in [0.2, 0.25) is 5.89 Å². The molecule has 0 atom stereocenters. The highest BCUT2D eigenvalue weighted by atomic mass is 32.1. The average molecular weight is 374 g/mol. The number of rotatable bonds is 8. The molecule has 1 aromatic carbocycles. The topological polar surface area (TPSA) is 73.5 Å². The Balaban J connectivity index is 1.69. The van der Waals surface area contributed by atoms with Crippen LogP contribution in [0.15, 0.2) is 28.1 Å². The van der Waals surface area contributed by atoms with E-state index in [4.69, 9.17) is 19.0 Å². The van der Waals surface area contributed by atoms with Gasteiger partial charge in [0.15, 0.2) is 17.3 Å². The van der Waals surface area contributed by atoms with E-state index in [0.717, 1.165) is 22.0 Å². The fourth-order valence-corrected chi connectivity index (χ4v) is 3.37. The number of aryl methyl sites for hydroxylation is 1. The maximum absolute atomic E-state index is 5.57. The molecule has 7 nitrogen and oxygen atoms in total. The zero-order valence-electron chi connectivity index (χ0n) is 15.4. The largest absolute Gasteiger partial charge is 0.493 e. The Kier molecular flexibility index (Phi) is 5.85. The molecule has 3 rings (SSSR count). The van der Waals surface area contributed by atoms with E-state index in [9.17, 15) is 0 Å². The lowest BCUT2D eigenvalue weighted by molar-refractivity contribution is 0.298. The molecule has 0 unspecified atom stereocenters.